The molecule has 0 saturated carbocycles. The number of nitrogens with one attached hydrogen (secondary N) is 2. The predicted octanol–water partition coefficient (Wildman–Crippen LogP) is 2.49. The SMILES string of the molecule is O=C(Cn1nc2c(cc1=O)CCCCC2)NCCc1c[nH]c2ccc(F)cc12. The molecule has 0 saturated heterocycles. The number of carbonyl (C=O) groups excluding carboxylic acids is 1. The van der Waals surface area contributed by atoms with Crippen LogP contribution < -0.4 is 10.9 Å². The van der Waals surface area contributed by atoms with Crippen LogP contribution in [0, 0.1) is 5.82 Å². The summed E-state index contributed by atoms with van der Waals surface area (Å²) in [5.41, 5.74) is 3.53. The minimum atomic E-state index is -0.286. The van der Waals surface area contributed by atoms with Crippen molar-refractivity contribution in [2.75, 3.05) is 6.54 Å². The number of rotatable bonds is 5. The van der Waals surface area contributed by atoms with Crippen molar-refractivity contribution in [1.29, 1.82) is 0 Å². The molecule has 0 radical (unpaired) electrons. The van der Waals surface area contributed by atoms with E-state index in [-0.39, 0.29) is 23.8 Å². The number of benzene rings is 1. The first kappa shape index (κ1) is 18.4. The third-order valence-electron chi connectivity index (χ3n) is 5.26. The number of aromatic amines is 1. The van der Waals surface area contributed by atoms with E-state index in [1.807, 2.05) is 6.20 Å². The van der Waals surface area contributed by atoms with Crippen LogP contribution in [0.25, 0.3) is 10.9 Å². The molecular weight excluding hydrogens is 359 g/mol. The molecule has 1 amide bonds. The van der Waals surface area contributed by atoms with Gasteiger partial charge in [0, 0.05) is 29.7 Å². The Morgan fingerprint density at radius 1 is 1.21 bits per heavy atom. The Kier molecular flexibility index (Phi) is 5.23. The van der Waals surface area contributed by atoms with Crippen LogP contribution in [-0.2, 0) is 30.6 Å². The molecule has 0 spiro atoms. The fourth-order valence-corrected chi connectivity index (χ4v) is 3.78. The van der Waals surface area contributed by atoms with Crippen molar-refractivity contribution in [3.8, 4) is 0 Å². The third-order valence-corrected chi connectivity index (χ3v) is 5.26. The molecule has 146 valence electrons. The molecule has 1 aromatic carbocycles. The zero-order valence-electron chi connectivity index (χ0n) is 15.6. The maximum Gasteiger partial charge on any atom is 0.267 e. The van der Waals surface area contributed by atoms with E-state index in [2.05, 4.69) is 15.4 Å². The number of nitrogens with zero attached hydrogens (tertiary/aromatic N) is 2. The molecule has 28 heavy (non-hydrogen) atoms. The number of aromatic nitrogens is 3. The highest BCUT2D eigenvalue weighted by Gasteiger charge is 2.14. The number of halogens is 1. The summed E-state index contributed by atoms with van der Waals surface area (Å²) in [7, 11) is 0. The van der Waals surface area contributed by atoms with Gasteiger partial charge in [-0.3, -0.25) is 9.59 Å². The van der Waals surface area contributed by atoms with Crippen molar-refractivity contribution in [3.63, 3.8) is 0 Å². The highest BCUT2D eigenvalue weighted by atomic mass is 19.1. The first-order valence-electron chi connectivity index (χ1n) is 9.72. The van der Waals surface area contributed by atoms with Gasteiger partial charge in [-0.1, -0.05) is 6.42 Å². The number of amides is 1. The van der Waals surface area contributed by atoms with E-state index in [9.17, 15) is 14.0 Å². The van der Waals surface area contributed by atoms with Gasteiger partial charge < -0.3 is 10.3 Å². The number of H-pyrrole nitrogens is 1. The van der Waals surface area contributed by atoms with Crippen molar-refractivity contribution >= 4 is 16.8 Å². The minimum absolute atomic E-state index is 0.0887. The molecule has 2 aromatic heterocycles. The second-order valence-electron chi connectivity index (χ2n) is 7.28. The fraction of sp³-hybridized carbons (Fsp3) is 0.381. The normalized spacial score (nSPS) is 13.9. The van der Waals surface area contributed by atoms with E-state index in [1.54, 1.807) is 12.1 Å². The molecule has 6 nitrogen and oxygen atoms in total. The Labute approximate surface area is 161 Å². The first-order valence-corrected chi connectivity index (χ1v) is 9.72. The summed E-state index contributed by atoms with van der Waals surface area (Å²) in [4.78, 5) is 27.6. The summed E-state index contributed by atoms with van der Waals surface area (Å²) in [6, 6.07) is 6.22. The maximum atomic E-state index is 13.4. The molecule has 0 fully saturated rings. The lowest BCUT2D eigenvalue weighted by molar-refractivity contribution is -0.121. The molecule has 2 heterocycles. The lowest BCUT2D eigenvalue weighted by atomic mass is 10.1. The van der Waals surface area contributed by atoms with Gasteiger partial charge in [-0.25, -0.2) is 9.07 Å². The average Bonchev–Trinajstić information content (AvgIpc) is 2.92. The van der Waals surface area contributed by atoms with Crippen LogP contribution in [0.4, 0.5) is 4.39 Å². The Morgan fingerprint density at radius 2 is 2.07 bits per heavy atom. The predicted molar refractivity (Wildman–Crippen MR) is 105 cm³/mol. The van der Waals surface area contributed by atoms with Crippen LogP contribution in [0.1, 0.15) is 36.1 Å². The largest absolute Gasteiger partial charge is 0.361 e. The van der Waals surface area contributed by atoms with Gasteiger partial charge in [-0.2, -0.15) is 5.10 Å². The molecule has 3 aromatic rings. The standard InChI is InChI=1S/C21H23FN4O2/c22-16-6-7-19-17(11-16)15(12-24-19)8-9-23-20(27)13-26-21(28)10-14-4-2-1-3-5-18(14)25-26/h6-7,10-12,24H,1-5,8-9,13H2,(H,23,27). The molecule has 0 bridgehead atoms. The van der Waals surface area contributed by atoms with E-state index < -0.39 is 0 Å². The number of hydrogen-bond donors (Lipinski definition) is 2. The molecule has 1 aliphatic rings. The van der Waals surface area contributed by atoms with Gasteiger partial charge in [-0.15, -0.1) is 0 Å². The van der Waals surface area contributed by atoms with Gasteiger partial charge in [0.25, 0.3) is 5.56 Å². The molecule has 4 rings (SSSR count). The number of aryl methyl sites for hydroxylation is 2. The Morgan fingerprint density at radius 3 is 2.96 bits per heavy atom. The first-order chi connectivity index (χ1) is 13.6. The Balaban J connectivity index is 1.37. The molecular formula is C21H23FN4O2. The molecule has 7 heteroatoms. The van der Waals surface area contributed by atoms with Crippen LogP contribution in [-0.4, -0.2) is 27.2 Å². The van der Waals surface area contributed by atoms with E-state index in [0.717, 1.165) is 59.8 Å². The van der Waals surface area contributed by atoms with Crippen LogP contribution in [0.15, 0.2) is 35.3 Å². The molecule has 0 unspecified atom stereocenters. The summed E-state index contributed by atoms with van der Waals surface area (Å²) >= 11 is 0. The van der Waals surface area contributed by atoms with Gasteiger partial charge >= 0.3 is 0 Å². The smallest absolute Gasteiger partial charge is 0.267 e. The average molecular weight is 382 g/mol. The van der Waals surface area contributed by atoms with Crippen LogP contribution >= 0.6 is 0 Å². The lowest BCUT2D eigenvalue weighted by Gasteiger charge is -2.10. The van der Waals surface area contributed by atoms with Crippen molar-refractivity contribution < 1.29 is 9.18 Å². The maximum absolute atomic E-state index is 13.4. The van der Waals surface area contributed by atoms with Crippen LogP contribution in [0.3, 0.4) is 0 Å². The van der Waals surface area contributed by atoms with Gasteiger partial charge in [0.1, 0.15) is 12.4 Å². The summed E-state index contributed by atoms with van der Waals surface area (Å²) in [5, 5.41) is 8.06. The van der Waals surface area contributed by atoms with Crippen molar-refractivity contribution in [1.82, 2.24) is 20.1 Å². The van der Waals surface area contributed by atoms with Gasteiger partial charge in [0.15, 0.2) is 0 Å². The Bertz CT molecular complexity index is 1070. The number of carbonyl (C=O) groups is 1. The van der Waals surface area contributed by atoms with E-state index in [1.165, 1.54) is 16.8 Å². The van der Waals surface area contributed by atoms with Crippen LogP contribution in [0.2, 0.25) is 0 Å². The molecule has 1 aliphatic carbocycles. The molecule has 2 N–H and O–H groups in total. The van der Waals surface area contributed by atoms with Crippen molar-refractivity contribution in [2.45, 2.75) is 45.1 Å². The van der Waals surface area contributed by atoms with Gasteiger partial charge in [0.05, 0.1) is 5.69 Å². The summed E-state index contributed by atoms with van der Waals surface area (Å²) < 4.78 is 14.7. The number of fused-ring (bicyclic) bond motifs is 2. The van der Waals surface area contributed by atoms with E-state index in [4.69, 9.17) is 0 Å². The van der Waals surface area contributed by atoms with Crippen molar-refractivity contribution in [3.05, 3.63) is 63.5 Å². The summed E-state index contributed by atoms with van der Waals surface area (Å²) in [6.07, 6.45) is 7.43. The lowest BCUT2D eigenvalue weighted by Crippen LogP contribution is -2.35. The third kappa shape index (κ3) is 3.98. The molecule has 0 atom stereocenters. The highest BCUT2D eigenvalue weighted by Crippen LogP contribution is 2.19. The summed E-state index contributed by atoms with van der Waals surface area (Å²) in [6.45, 7) is 0.316. The van der Waals surface area contributed by atoms with E-state index >= 15 is 0 Å². The zero-order chi connectivity index (χ0) is 19.5. The summed E-state index contributed by atoms with van der Waals surface area (Å²) in [5.74, 6) is -0.541. The minimum Gasteiger partial charge on any atom is -0.361 e. The van der Waals surface area contributed by atoms with E-state index in [0.29, 0.717) is 13.0 Å². The van der Waals surface area contributed by atoms with Crippen LogP contribution in [0.5, 0.6) is 0 Å². The molecule has 0 aliphatic heterocycles. The quantitative estimate of drug-likeness (QED) is 0.666. The number of hydrogen-bond acceptors (Lipinski definition) is 3. The van der Waals surface area contributed by atoms with Gasteiger partial charge in [0.2, 0.25) is 5.91 Å². The monoisotopic (exact) mass is 382 g/mol. The van der Waals surface area contributed by atoms with Gasteiger partial charge in [-0.05, 0) is 61.4 Å². The highest BCUT2D eigenvalue weighted by molar-refractivity contribution is 5.83. The Hall–Kier alpha value is -2.96. The second kappa shape index (κ2) is 7.96. The second-order valence-corrected chi connectivity index (χ2v) is 7.28. The fourth-order valence-electron chi connectivity index (χ4n) is 3.78. The topological polar surface area (TPSA) is 79.8 Å². The van der Waals surface area contributed by atoms with Crippen molar-refractivity contribution in [2.24, 2.45) is 0 Å². The zero-order valence-corrected chi connectivity index (χ0v) is 15.6.